The summed E-state index contributed by atoms with van der Waals surface area (Å²) in [6.07, 6.45) is 6.37. The average molecular weight is 719 g/mol. The average Bonchev–Trinajstić information content (AvgIpc) is 3.93. The molecule has 1 aliphatic rings. The van der Waals surface area contributed by atoms with Crippen LogP contribution < -0.4 is 4.90 Å². The van der Waals surface area contributed by atoms with Crippen molar-refractivity contribution in [3.8, 4) is 5.69 Å². The van der Waals surface area contributed by atoms with E-state index in [0.29, 0.717) is 0 Å². The van der Waals surface area contributed by atoms with Gasteiger partial charge in [-0.25, -0.2) is 0 Å². The molecule has 0 radical (unpaired) electrons. The normalized spacial score (nSPS) is 13.4. The number of furan rings is 2. The fourth-order valence-electron chi connectivity index (χ4n) is 9.18. The van der Waals surface area contributed by atoms with Crippen molar-refractivity contribution in [2.45, 2.75) is 12.8 Å². The lowest BCUT2D eigenvalue weighted by Crippen LogP contribution is -2.20. The van der Waals surface area contributed by atoms with Gasteiger partial charge in [-0.3, -0.25) is 0 Å². The van der Waals surface area contributed by atoms with Gasteiger partial charge in [0.15, 0.2) is 0 Å². The Morgan fingerprint density at radius 1 is 0.500 bits per heavy atom. The summed E-state index contributed by atoms with van der Waals surface area (Å²) in [7, 11) is 0. The van der Waals surface area contributed by atoms with E-state index < -0.39 is 0 Å². The summed E-state index contributed by atoms with van der Waals surface area (Å²) in [6, 6.07) is 60.8. The number of para-hydroxylation sites is 4. The van der Waals surface area contributed by atoms with Gasteiger partial charge in [0.2, 0.25) is 0 Å². The second-order valence-corrected chi connectivity index (χ2v) is 14.8. The summed E-state index contributed by atoms with van der Waals surface area (Å²) < 4.78 is 15.7. The Morgan fingerprint density at radius 3 is 2.02 bits per heavy atom. The third-order valence-corrected chi connectivity index (χ3v) is 11.6. The van der Waals surface area contributed by atoms with E-state index in [1.807, 2.05) is 6.07 Å². The highest BCUT2D eigenvalue weighted by molar-refractivity contribution is 6.15. The van der Waals surface area contributed by atoms with E-state index in [4.69, 9.17) is 8.83 Å². The molecule has 0 saturated heterocycles. The van der Waals surface area contributed by atoms with Crippen LogP contribution in [-0.2, 0) is 0 Å². The summed E-state index contributed by atoms with van der Waals surface area (Å²) in [6.45, 7) is 0. The minimum Gasteiger partial charge on any atom is -0.456 e. The molecule has 12 rings (SSSR count). The molecule has 11 aromatic rings. The maximum absolute atomic E-state index is 6.84. The zero-order valence-corrected chi connectivity index (χ0v) is 30.4. The molecule has 8 aromatic carbocycles. The van der Waals surface area contributed by atoms with Crippen molar-refractivity contribution in [2.75, 3.05) is 4.90 Å². The molecule has 0 atom stereocenters. The lowest BCUT2D eigenvalue weighted by atomic mass is 9.93. The van der Waals surface area contributed by atoms with Gasteiger partial charge in [0.1, 0.15) is 22.3 Å². The van der Waals surface area contributed by atoms with E-state index in [9.17, 15) is 0 Å². The largest absolute Gasteiger partial charge is 0.456 e. The van der Waals surface area contributed by atoms with Crippen molar-refractivity contribution < 1.29 is 8.83 Å². The topological polar surface area (TPSA) is 34.5 Å². The van der Waals surface area contributed by atoms with Crippen LogP contribution >= 0.6 is 0 Å². The molecule has 4 nitrogen and oxygen atoms in total. The summed E-state index contributed by atoms with van der Waals surface area (Å²) >= 11 is 0. The van der Waals surface area contributed by atoms with Crippen molar-refractivity contribution in [1.29, 1.82) is 0 Å². The molecule has 56 heavy (non-hydrogen) atoms. The Balaban J connectivity index is 1.15. The van der Waals surface area contributed by atoms with E-state index in [0.717, 1.165) is 84.9 Å². The monoisotopic (exact) mass is 718 g/mol. The molecule has 0 amide bonds. The maximum Gasteiger partial charge on any atom is 0.143 e. The van der Waals surface area contributed by atoms with Crippen LogP contribution in [0.1, 0.15) is 18.4 Å². The highest BCUT2D eigenvalue weighted by atomic mass is 16.3. The van der Waals surface area contributed by atoms with Crippen molar-refractivity contribution in [3.63, 3.8) is 0 Å². The number of rotatable bonds is 5. The Bertz CT molecular complexity index is 3390. The van der Waals surface area contributed by atoms with Gasteiger partial charge >= 0.3 is 0 Å². The van der Waals surface area contributed by atoms with Gasteiger partial charge in [-0.15, -0.1) is 0 Å². The fraction of sp³-hybridized carbons (Fsp3) is 0.0385. The van der Waals surface area contributed by atoms with Crippen molar-refractivity contribution >= 4 is 93.4 Å². The van der Waals surface area contributed by atoms with Crippen LogP contribution in [0.25, 0.3) is 87.7 Å². The number of hydrogen-bond acceptors (Lipinski definition) is 3. The SMILES string of the molecule is C1=CC(c2cccc3c2oc2cc4ccccc4cc23)=C(N(c2cccc(-n3c4ccccc4c4ccccc43)c2)c2cccc3oc4ccccc4c23)CC1. The maximum atomic E-state index is 6.84. The van der Waals surface area contributed by atoms with Crippen molar-refractivity contribution in [1.82, 2.24) is 4.57 Å². The van der Waals surface area contributed by atoms with Crippen LogP contribution in [0, 0.1) is 0 Å². The fourth-order valence-corrected chi connectivity index (χ4v) is 9.18. The van der Waals surface area contributed by atoms with Gasteiger partial charge < -0.3 is 18.3 Å². The van der Waals surface area contributed by atoms with Gasteiger partial charge in [-0.05, 0) is 84.3 Å². The number of hydrogen-bond donors (Lipinski definition) is 0. The predicted molar refractivity (Wildman–Crippen MR) is 233 cm³/mol. The summed E-state index contributed by atoms with van der Waals surface area (Å²) in [5, 5.41) is 9.32. The molecule has 0 N–H and O–H groups in total. The Hall–Kier alpha value is -7.30. The first-order chi connectivity index (χ1) is 27.8. The smallest absolute Gasteiger partial charge is 0.143 e. The third kappa shape index (κ3) is 4.59. The minimum absolute atomic E-state index is 0.845. The third-order valence-electron chi connectivity index (χ3n) is 11.6. The molecule has 3 heterocycles. The molecule has 0 bridgehead atoms. The lowest BCUT2D eigenvalue weighted by molar-refractivity contribution is 0.668. The summed E-state index contributed by atoms with van der Waals surface area (Å²) in [5.41, 5.74) is 12.6. The van der Waals surface area contributed by atoms with Crippen molar-refractivity contribution in [3.05, 3.63) is 193 Å². The zero-order valence-electron chi connectivity index (χ0n) is 30.4. The highest BCUT2D eigenvalue weighted by Gasteiger charge is 2.26. The van der Waals surface area contributed by atoms with Gasteiger partial charge in [0.25, 0.3) is 0 Å². The van der Waals surface area contributed by atoms with Crippen LogP contribution in [0.5, 0.6) is 0 Å². The van der Waals surface area contributed by atoms with E-state index in [2.05, 4.69) is 185 Å². The molecule has 4 heteroatoms. The minimum atomic E-state index is 0.845. The molecular formula is C52H34N2O2. The standard InChI is InChI=1S/C52H34N2O2/c1-2-15-34-31-50-43(30-33(34)14-1)41-23-12-22-40(52(41)56-50)39-20-5-9-26-46(39)54(47-27-13-29-49-51(47)42-21-6-10-28-48(42)55-49)36-17-11-16-35(32-36)53-44-24-7-3-18-37(44)38-19-4-8-25-45(38)53/h1-8,10-25,27-32H,9,26H2. The number of anilines is 2. The van der Waals surface area contributed by atoms with Crippen LogP contribution in [0.3, 0.4) is 0 Å². The van der Waals surface area contributed by atoms with Gasteiger partial charge in [-0.1, -0.05) is 121 Å². The Labute approximate surface area is 322 Å². The Morgan fingerprint density at radius 2 is 1.18 bits per heavy atom. The quantitative estimate of drug-likeness (QED) is 0.178. The molecule has 264 valence electrons. The van der Waals surface area contributed by atoms with E-state index >= 15 is 0 Å². The molecule has 0 aliphatic heterocycles. The van der Waals surface area contributed by atoms with E-state index in [-0.39, 0.29) is 0 Å². The first kappa shape index (κ1) is 31.1. The lowest BCUT2D eigenvalue weighted by Gasteiger charge is -2.32. The summed E-state index contributed by atoms with van der Waals surface area (Å²) in [5.74, 6) is 0. The first-order valence-corrected chi connectivity index (χ1v) is 19.3. The zero-order chi connectivity index (χ0) is 36.7. The molecular weight excluding hydrogens is 685 g/mol. The molecule has 0 unspecified atom stereocenters. The molecule has 0 saturated carbocycles. The number of nitrogens with zero attached hydrogens (tertiary/aromatic N) is 2. The number of benzene rings is 8. The van der Waals surface area contributed by atoms with Gasteiger partial charge in [0, 0.05) is 55.1 Å². The molecule has 0 fully saturated rings. The number of fused-ring (bicyclic) bond motifs is 10. The van der Waals surface area contributed by atoms with Crippen LogP contribution in [0.4, 0.5) is 11.4 Å². The van der Waals surface area contributed by atoms with Gasteiger partial charge in [0.05, 0.1) is 22.1 Å². The van der Waals surface area contributed by atoms with Crippen LogP contribution in [0.15, 0.2) is 197 Å². The predicted octanol–water partition coefficient (Wildman–Crippen LogP) is 14.6. The first-order valence-electron chi connectivity index (χ1n) is 19.3. The van der Waals surface area contributed by atoms with Crippen LogP contribution in [-0.4, -0.2) is 4.57 Å². The number of aromatic nitrogens is 1. The number of allylic oxidation sites excluding steroid dienone is 4. The second kappa shape index (κ2) is 12.1. The summed E-state index contributed by atoms with van der Waals surface area (Å²) in [4.78, 5) is 2.48. The van der Waals surface area contributed by atoms with E-state index in [1.165, 1.54) is 38.3 Å². The Kier molecular flexibility index (Phi) is 6.72. The highest BCUT2D eigenvalue weighted by Crippen LogP contribution is 2.46. The molecule has 1 aliphatic carbocycles. The molecule has 3 aromatic heterocycles. The van der Waals surface area contributed by atoms with Crippen molar-refractivity contribution in [2.24, 2.45) is 0 Å². The molecule has 0 spiro atoms. The second-order valence-electron chi connectivity index (χ2n) is 14.8. The van der Waals surface area contributed by atoms with E-state index in [1.54, 1.807) is 0 Å². The van der Waals surface area contributed by atoms with Gasteiger partial charge in [-0.2, -0.15) is 0 Å². The van der Waals surface area contributed by atoms with Crippen LogP contribution in [0.2, 0.25) is 0 Å².